The van der Waals surface area contributed by atoms with E-state index in [0.717, 1.165) is 11.1 Å². The molecule has 3 aromatic rings. The van der Waals surface area contributed by atoms with Gasteiger partial charge in [0.25, 0.3) is 11.7 Å². The summed E-state index contributed by atoms with van der Waals surface area (Å²) in [5.41, 5.74) is 2.13. The van der Waals surface area contributed by atoms with E-state index < -0.39 is 11.7 Å². The van der Waals surface area contributed by atoms with Crippen molar-refractivity contribution in [2.75, 3.05) is 5.32 Å². The van der Waals surface area contributed by atoms with Gasteiger partial charge in [0.1, 0.15) is 0 Å². The number of thioether (sulfide) groups is 1. The Balaban J connectivity index is 1.89. The molecule has 0 saturated heterocycles. The molecule has 0 aliphatic heterocycles. The van der Waals surface area contributed by atoms with Crippen LogP contribution in [0.1, 0.15) is 16.1 Å². The number of aryl methyl sites for hydroxylation is 2. The fraction of sp³-hybridized carbons (Fsp3) is 0.188. The number of carbonyl (C=O) groups is 1. The van der Waals surface area contributed by atoms with Gasteiger partial charge in [-0.3, -0.25) is 9.48 Å². The second-order valence-electron chi connectivity index (χ2n) is 5.13. The van der Waals surface area contributed by atoms with Gasteiger partial charge in [0, 0.05) is 23.5 Å². The highest BCUT2D eigenvalue weighted by Crippen LogP contribution is 2.32. The number of benzene rings is 1. The Labute approximate surface area is 141 Å². The summed E-state index contributed by atoms with van der Waals surface area (Å²) in [6, 6.07) is 8.15. The quantitative estimate of drug-likeness (QED) is 0.728. The summed E-state index contributed by atoms with van der Waals surface area (Å²) in [7, 11) is 1.78. The van der Waals surface area contributed by atoms with Crippen molar-refractivity contribution in [3.05, 3.63) is 47.8 Å². The Morgan fingerprint density at radius 1 is 1.33 bits per heavy atom. The van der Waals surface area contributed by atoms with Gasteiger partial charge in [-0.1, -0.05) is 23.9 Å². The second kappa shape index (κ2) is 6.56. The molecule has 2 heterocycles. The van der Waals surface area contributed by atoms with Crippen molar-refractivity contribution < 1.29 is 13.6 Å². The first kappa shape index (κ1) is 16.4. The van der Waals surface area contributed by atoms with Gasteiger partial charge in [0.15, 0.2) is 5.65 Å². The van der Waals surface area contributed by atoms with Crippen molar-refractivity contribution in [1.29, 1.82) is 0 Å². The minimum atomic E-state index is -2.56. The normalized spacial score (nSPS) is 11.2. The van der Waals surface area contributed by atoms with Gasteiger partial charge in [0.05, 0.1) is 16.9 Å². The van der Waals surface area contributed by atoms with Gasteiger partial charge in [-0.2, -0.15) is 13.9 Å². The Kier molecular flexibility index (Phi) is 4.48. The highest BCUT2D eigenvalue weighted by molar-refractivity contribution is 7.99. The molecule has 5 nitrogen and oxygen atoms in total. The fourth-order valence-corrected chi connectivity index (χ4v) is 2.99. The standard InChI is InChI=1S/C16H14F2N4OS/c1-9-11-7-10(8-19-14(11)22(2)21-9)15(23)20-12-5-3-4-6-13(12)24-16(17)18/h3-8,16H,1-2H3,(H,20,23). The summed E-state index contributed by atoms with van der Waals surface area (Å²) in [6.07, 6.45) is 1.45. The van der Waals surface area contributed by atoms with Crippen molar-refractivity contribution in [2.24, 2.45) is 7.05 Å². The number of hydrogen-bond acceptors (Lipinski definition) is 4. The zero-order valence-electron chi connectivity index (χ0n) is 13.0. The van der Waals surface area contributed by atoms with Gasteiger partial charge in [-0.15, -0.1) is 0 Å². The van der Waals surface area contributed by atoms with Gasteiger partial charge < -0.3 is 5.32 Å². The maximum atomic E-state index is 12.6. The number of nitrogens with one attached hydrogen (secondary N) is 1. The molecule has 0 aliphatic rings. The Morgan fingerprint density at radius 2 is 2.08 bits per heavy atom. The number of alkyl halides is 2. The third-order valence-corrected chi connectivity index (χ3v) is 4.26. The molecule has 0 bridgehead atoms. The molecule has 0 spiro atoms. The summed E-state index contributed by atoms with van der Waals surface area (Å²) in [4.78, 5) is 17.0. The second-order valence-corrected chi connectivity index (χ2v) is 6.16. The van der Waals surface area contributed by atoms with Crippen LogP contribution in [0.2, 0.25) is 0 Å². The molecule has 0 aliphatic carbocycles. The van der Waals surface area contributed by atoms with Crippen LogP contribution in [0.15, 0.2) is 41.4 Å². The molecule has 8 heteroatoms. The number of carbonyl (C=O) groups excluding carboxylic acids is 1. The Bertz CT molecular complexity index is 910. The molecule has 3 rings (SSSR count). The molecule has 0 radical (unpaired) electrons. The van der Waals surface area contributed by atoms with Crippen molar-refractivity contribution in [3.63, 3.8) is 0 Å². The van der Waals surface area contributed by atoms with E-state index in [-0.39, 0.29) is 0 Å². The topological polar surface area (TPSA) is 59.8 Å². The summed E-state index contributed by atoms with van der Waals surface area (Å²) >= 11 is 0.394. The van der Waals surface area contributed by atoms with Crippen LogP contribution in [0.3, 0.4) is 0 Å². The highest BCUT2D eigenvalue weighted by Gasteiger charge is 2.15. The van der Waals surface area contributed by atoms with Crippen LogP contribution >= 0.6 is 11.8 Å². The number of nitrogens with zero attached hydrogens (tertiary/aromatic N) is 3. The lowest BCUT2D eigenvalue weighted by atomic mass is 10.2. The zero-order valence-corrected chi connectivity index (χ0v) is 13.8. The summed E-state index contributed by atoms with van der Waals surface area (Å²) in [5.74, 6) is -2.96. The minimum Gasteiger partial charge on any atom is -0.321 e. The Hall–Kier alpha value is -2.48. The number of hydrogen-bond donors (Lipinski definition) is 1. The molecule has 1 aromatic carbocycles. The number of fused-ring (bicyclic) bond motifs is 1. The monoisotopic (exact) mass is 348 g/mol. The Morgan fingerprint density at radius 3 is 2.83 bits per heavy atom. The molecule has 1 amide bonds. The number of amides is 1. The average molecular weight is 348 g/mol. The van der Waals surface area contributed by atoms with Crippen molar-refractivity contribution in [2.45, 2.75) is 17.6 Å². The third kappa shape index (κ3) is 3.23. The number of anilines is 1. The molecule has 2 aromatic heterocycles. The van der Waals surface area contributed by atoms with Crippen LogP contribution in [0.4, 0.5) is 14.5 Å². The van der Waals surface area contributed by atoms with Crippen LogP contribution in [0, 0.1) is 6.92 Å². The molecule has 0 saturated carbocycles. The molecule has 0 atom stereocenters. The van der Waals surface area contributed by atoms with E-state index in [2.05, 4.69) is 15.4 Å². The number of pyridine rings is 1. The van der Waals surface area contributed by atoms with E-state index in [1.165, 1.54) is 6.20 Å². The summed E-state index contributed by atoms with van der Waals surface area (Å²) < 4.78 is 26.9. The van der Waals surface area contributed by atoms with Gasteiger partial charge in [-0.05, 0) is 25.1 Å². The molecular weight excluding hydrogens is 334 g/mol. The predicted octanol–water partition coefficient (Wildman–Crippen LogP) is 3.84. The maximum absolute atomic E-state index is 12.6. The minimum absolute atomic E-state index is 0.312. The molecule has 24 heavy (non-hydrogen) atoms. The van der Waals surface area contributed by atoms with Crippen LogP contribution < -0.4 is 5.32 Å². The number of rotatable bonds is 4. The fourth-order valence-electron chi connectivity index (χ4n) is 2.40. The van der Waals surface area contributed by atoms with Gasteiger partial charge in [-0.25, -0.2) is 4.98 Å². The molecule has 0 fully saturated rings. The maximum Gasteiger partial charge on any atom is 0.288 e. The summed E-state index contributed by atoms with van der Waals surface area (Å²) in [5, 5.41) is 7.70. The molecular formula is C16H14F2N4OS. The molecule has 1 N–H and O–H groups in total. The largest absolute Gasteiger partial charge is 0.321 e. The van der Waals surface area contributed by atoms with E-state index in [9.17, 15) is 13.6 Å². The average Bonchev–Trinajstić information content (AvgIpc) is 2.83. The van der Waals surface area contributed by atoms with E-state index >= 15 is 0 Å². The smallest absolute Gasteiger partial charge is 0.288 e. The lowest BCUT2D eigenvalue weighted by Gasteiger charge is -2.10. The van der Waals surface area contributed by atoms with Crippen LogP contribution in [-0.2, 0) is 7.05 Å². The lowest BCUT2D eigenvalue weighted by Crippen LogP contribution is -2.13. The number of aromatic nitrogens is 3. The highest BCUT2D eigenvalue weighted by atomic mass is 32.2. The lowest BCUT2D eigenvalue weighted by molar-refractivity contribution is 0.102. The van der Waals surface area contributed by atoms with Crippen molar-refractivity contribution in [3.8, 4) is 0 Å². The van der Waals surface area contributed by atoms with E-state index in [1.807, 2.05) is 6.92 Å². The molecule has 0 unspecified atom stereocenters. The van der Waals surface area contributed by atoms with E-state index in [4.69, 9.17) is 0 Å². The molecule has 124 valence electrons. The summed E-state index contributed by atoms with van der Waals surface area (Å²) in [6.45, 7) is 1.83. The first-order valence-corrected chi connectivity index (χ1v) is 7.98. The zero-order chi connectivity index (χ0) is 17.3. The van der Waals surface area contributed by atoms with E-state index in [1.54, 1.807) is 42.1 Å². The van der Waals surface area contributed by atoms with Crippen LogP contribution in [0.5, 0.6) is 0 Å². The first-order valence-electron chi connectivity index (χ1n) is 7.10. The number of halogens is 2. The first-order chi connectivity index (χ1) is 11.5. The van der Waals surface area contributed by atoms with Gasteiger partial charge in [0.2, 0.25) is 0 Å². The van der Waals surface area contributed by atoms with Crippen molar-refractivity contribution >= 4 is 34.4 Å². The van der Waals surface area contributed by atoms with Gasteiger partial charge >= 0.3 is 0 Å². The van der Waals surface area contributed by atoms with E-state index in [0.29, 0.717) is 33.6 Å². The predicted molar refractivity (Wildman–Crippen MR) is 89.5 cm³/mol. The third-order valence-electron chi connectivity index (χ3n) is 3.48. The van der Waals surface area contributed by atoms with Crippen LogP contribution in [0.25, 0.3) is 11.0 Å². The van der Waals surface area contributed by atoms with Crippen LogP contribution in [-0.4, -0.2) is 26.4 Å². The SMILES string of the molecule is Cc1nn(C)c2ncc(C(=O)Nc3ccccc3SC(F)F)cc12. The van der Waals surface area contributed by atoms with Crippen molar-refractivity contribution in [1.82, 2.24) is 14.8 Å². The number of para-hydroxylation sites is 1.